The smallest absolute Gasteiger partial charge is 0.329 e. The third-order valence-corrected chi connectivity index (χ3v) is 4.71. The predicted octanol–water partition coefficient (Wildman–Crippen LogP) is 4.04. The van der Waals surface area contributed by atoms with Crippen molar-refractivity contribution >= 4 is 17.8 Å². The van der Waals surface area contributed by atoms with Gasteiger partial charge in [-0.2, -0.15) is 0 Å². The highest BCUT2D eigenvalue weighted by molar-refractivity contribution is 6.01. The SMILES string of the molecule is Cc1ccc(-c2cc(Oc3ccc(NC(=O)N(C)C(=O)C4CC4)nc3)ccn2)cn1. The first-order chi connectivity index (χ1) is 14.5. The van der Waals surface area contributed by atoms with Gasteiger partial charge in [-0.05, 0) is 50.1 Å². The Morgan fingerprint density at radius 2 is 1.87 bits per heavy atom. The monoisotopic (exact) mass is 403 g/mol. The number of anilines is 1. The molecule has 3 heterocycles. The Bertz CT molecular complexity index is 1060. The lowest BCUT2D eigenvalue weighted by atomic mass is 10.2. The van der Waals surface area contributed by atoms with Crippen molar-refractivity contribution in [2.75, 3.05) is 12.4 Å². The fraction of sp³-hybridized carbons (Fsp3) is 0.227. The Morgan fingerprint density at radius 3 is 2.53 bits per heavy atom. The van der Waals surface area contributed by atoms with Gasteiger partial charge < -0.3 is 4.74 Å². The third kappa shape index (κ3) is 4.60. The summed E-state index contributed by atoms with van der Waals surface area (Å²) >= 11 is 0. The number of amides is 3. The second kappa shape index (κ2) is 8.28. The molecule has 1 N–H and O–H groups in total. The molecule has 0 spiro atoms. The van der Waals surface area contributed by atoms with Crippen LogP contribution in [0.5, 0.6) is 11.5 Å². The second-order valence-corrected chi connectivity index (χ2v) is 7.15. The summed E-state index contributed by atoms with van der Waals surface area (Å²) in [4.78, 5) is 38.1. The minimum atomic E-state index is -0.501. The second-order valence-electron chi connectivity index (χ2n) is 7.15. The van der Waals surface area contributed by atoms with Gasteiger partial charge in [0.25, 0.3) is 0 Å². The van der Waals surface area contributed by atoms with Crippen molar-refractivity contribution < 1.29 is 14.3 Å². The number of aryl methyl sites for hydroxylation is 1. The summed E-state index contributed by atoms with van der Waals surface area (Å²) in [5.74, 6) is 1.27. The molecule has 3 aromatic heterocycles. The van der Waals surface area contributed by atoms with Crippen molar-refractivity contribution in [1.29, 1.82) is 0 Å². The molecule has 0 aliphatic heterocycles. The number of imide groups is 1. The first-order valence-electron chi connectivity index (χ1n) is 9.61. The Balaban J connectivity index is 1.40. The summed E-state index contributed by atoms with van der Waals surface area (Å²) in [6.45, 7) is 1.93. The van der Waals surface area contributed by atoms with Crippen molar-refractivity contribution in [3.05, 3.63) is 60.7 Å². The van der Waals surface area contributed by atoms with E-state index >= 15 is 0 Å². The number of urea groups is 1. The molecule has 0 aromatic carbocycles. The highest BCUT2D eigenvalue weighted by Gasteiger charge is 2.34. The van der Waals surface area contributed by atoms with Gasteiger partial charge in [0, 0.05) is 42.7 Å². The minimum absolute atomic E-state index is 0.0228. The summed E-state index contributed by atoms with van der Waals surface area (Å²) in [5, 5.41) is 2.61. The molecular weight excluding hydrogens is 382 g/mol. The van der Waals surface area contributed by atoms with Crippen molar-refractivity contribution in [1.82, 2.24) is 19.9 Å². The first-order valence-corrected chi connectivity index (χ1v) is 9.61. The third-order valence-electron chi connectivity index (χ3n) is 4.71. The molecule has 30 heavy (non-hydrogen) atoms. The number of nitrogens with zero attached hydrogens (tertiary/aromatic N) is 4. The number of nitrogens with one attached hydrogen (secondary N) is 1. The van der Waals surface area contributed by atoms with Crippen LogP contribution < -0.4 is 10.1 Å². The number of hydrogen-bond donors (Lipinski definition) is 1. The summed E-state index contributed by atoms with van der Waals surface area (Å²) in [5.41, 5.74) is 2.58. The van der Waals surface area contributed by atoms with E-state index in [9.17, 15) is 9.59 Å². The van der Waals surface area contributed by atoms with Gasteiger partial charge in [-0.3, -0.25) is 25.0 Å². The quantitative estimate of drug-likeness (QED) is 0.690. The molecule has 0 radical (unpaired) electrons. The van der Waals surface area contributed by atoms with Crippen LogP contribution in [-0.2, 0) is 4.79 Å². The molecule has 3 aromatic rings. The van der Waals surface area contributed by atoms with Crippen molar-refractivity contribution in [3.8, 4) is 22.8 Å². The van der Waals surface area contributed by atoms with Crippen LogP contribution >= 0.6 is 0 Å². The van der Waals surface area contributed by atoms with Gasteiger partial charge in [-0.15, -0.1) is 0 Å². The Morgan fingerprint density at radius 1 is 1.03 bits per heavy atom. The zero-order valence-corrected chi connectivity index (χ0v) is 16.7. The lowest BCUT2D eigenvalue weighted by Gasteiger charge is -2.15. The van der Waals surface area contributed by atoms with Crippen molar-refractivity contribution in [3.63, 3.8) is 0 Å². The topological polar surface area (TPSA) is 97.3 Å². The first kappa shape index (κ1) is 19.5. The van der Waals surface area contributed by atoms with Gasteiger partial charge >= 0.3 is 6.03 Å². The Hall–Kier alpha value is -3.81. The van der Waals surface area contributed by atoms with Crippen LogP contribution in [0.3, 0.4) is 0 Å². The van der Waals surface area contributed by atoms with Crippen LogP contribution in [0.2, 0.25) is 0 Å². The van der Waals surface area contributed by atoms with Gasteiger partial charge in [0.2, 0.25) is 5.91 Å². The van der Waals surface area contributed by atoms with E-state index in [2.05, 4.69) is 20.3 Å². The molecule has 1 aliphatic carbocycles. The number of carbonyl (C=O) groups is 2. The average Bonchev–Trinajstić information content (AvgIpc) is 3.60. The number of pyridine rings is 3. The fourth-order valence-corrected chi connectivity index (χ4v) is 2.80. The molecular formula is C22H21N5O3. The molecule has 0 saturated heterocycles. The zero-order valence-electron chi connectivity index (χ0n) is 16.7. The summed E-state index contributed by atoms with van der Waals surface area (Å²) in [6, 6.07) is 10.3. The van der Waals surface area contributed by atoms with E-state index < -0.39 is 6.03 Å². The van der Waals surface area contributed by atoms with Gasteiger partial charge in [0.05, 0.1) is 11.9 Å². The molecule has 152 valence electrons. The van der Waals surface area contributed by atoms with Crippen molar-refractivity contribution in [2.45, 2.75) is 19.8 Å². The standard InChI is InChI=1S/C22H21N5O3/c1-14-3-4-16(12-24-14)19-11-17(9-10-23-19)30-18-7-8-20(25-13-18)26-22(29)27(2)21(28)15-5-6-15/h3-4,7-13,15H,5-6H2,1-2H3,(H,25,26,29). The lowest BCUT2D eigenvalue weighted by molar-refractivity contribution is -0.128. The number of aromatic nitrogens is 3. The highest BCUT2D eigenvalue weighted by atomic mass is 16.5. The number of carbonyl (C=O) groups excluding carboxylic acids is 2. The van der Waals surface area contributed by atoms with E-state index in [-0.39, 0.29) is 11.8 Å². The van der Waals surface area contributed by atoms with Gasteiger partial charge in [0.1, 0.15) is 17.3 Å². The fourth-order valence-electron chi connectivity index (χ4n) is 2.80. The lowest BCUT2D eigenvalue weighted by Crippen LogP contribution is -2.37. The normalized spacial score (nSPS) is 12.9. The number of hydrogen-bond acceptors (Lipinski definition) is 6. The molecule has 8 heteroatoms. The van der Waals surface area contributed by atoms with Crippen LogP contribution in [0.15, 0.2) is 55.0 Å². The van der Waals surface area contributed by atoms with Crippen LogP contribution in [-0.4, -0.2) is 38.8 Å². The summed E-state index contributed by atoms with van der Waals surface area (Å²) in [7, 11) is 1.47. The van der Waals surface area contributed by atoms with Crippen LogP contribution in [0.25, 0.3) is 11.3 Å². The maximum atomic E-state index is 12.2. The molecule has 1 saturated carbocycles. The van der Waals surface area contributed by atoms with E-state index in [1.807, 2.05) is 25.1 Å². The van der Waals surface area contributed by atoms with Gasteiger partial charge in [-0.1, -0.05) is 0 Å². The zero-order chi connectivity index (χ0) is 21.1. The molecule has 0 atom stereocenters. The largest absolute Gasteiger partial charge is 0.456 e. The molecule has 1 fully saturated rings. The van der Waals surface area contributed by atoms with Crippen LogP contribution in [0.1, 0.15) is 18.5 Å². The summed E-state index contributed by atoms with van der Waals surface area (Å²) < 4.78 is 5.85. The van der Waals surface area contributed by atoms with Gasteiger partial charge in [-0.25, -0.2) is 9.78 Å². The number of ether oxygens (including phenoxy) is 1. The molecule has 4 rings (SSSR count). The maximum Gasteiger partial charge on any atom is 0.329 e. The Labute approximate surface area is 173 Å². The van der Waals surface area contributed by atoms with E-state index in [1.165, 1.54) is 13.2 Å². The Kier molecular flexibility index (Phi) is 5.38. The van der Waals surface area contributed by atoms with E-state index in [1.54, 1.807) is 30.6 Å². The summed E-state index contributed by atoms with van der Waals surface area (Å²) in [6.07, 6.45) is 6.63. The van der Waals surface area contributed by atoms with Crippen LogP contribution in [0.4, 0.5) is 10.6 Å². The van der Waals surface area contributed by atoms with Crippen LogP contribution in [0, 0.1) is 12.8 Å². The highest BCUT2D eigenvalue weighted by Crippen LogP contribution is 2.31. The van der Waals surface area contributed by atoms with E-state index in [4.69, 9.17) is 4.74 Å². The minimum Gasteiger partial charge on any atom is -0.456 e. The molecule has 8 nitrogen and oxygen atoms in total. The van der Waals surface area contributed by atoms with E-state index in [0.29, 0.717) is 17.3 Å². The predicted molar refractivity (Wildman–Crippen MR) is 111 cm³/mol. The average molecular weight is 403 g/mol. The maximum absolute atomic E-state index is 12.2. The molecule has 0 unspecified atom stereocenters. The van der Waals surface area contributed by atoms with Gasteiger partial charge in [0.15, 0.2) is 0 Å². The molecule has 3 amide bonds. The molecule has 0 bridgehead atoms. The molecule has 1 aliphatic rings. The number of rotatable bonds is 5. The van der Waals surface area contributed by atoms with E-state index in [0.717, 1.165) is 34.7 Å². The van der Waals surface area contributed by atoms with Crippen molar-refractivity contribution in [2.24, 2.45) is 5.92 Å².